The van der Waals surface area contributed by atoms with Crippen LogP contribution in [0.25, 0.3) is 27.9 Å². The molecule has 1 aliphatic carbocycles. The Morgan fingerprint density at radius 1 is 1.10 bits per heavy atom. The van der Waals surface area contributed by atoms with Crippen LogP contribution in [0.4, 0.5) is 0 Å². The molecule has 0 spiro atoms. The minimum atomic E-state index is 0.0671. The van der Waals surface area contributed by atoms with Crippen molar-refractivity contribution in [1.29, 1.82) is 0 Å². The molecule has 1 aliphatic heterocycles. The van der Waals surface area contributed by atoms with Crippen molar-refractivity contribution in [2.45, 2.75) is 58.5 Å². The van der Waals surface area contributed by atoms with Gasteiger partial charge in [0.1, 0.15) is 5.82 Å². The van der Waals surface area contributed by atoms with Gasteiger partial charge in [-0.2, -0.15) is 0 Å². The molecule has 0 radical (unpaired) electrons. The summed E-state index contributed by atoms with van der Waals surface area (Å²) < 4.78 is 3.72. The minimum absolute atomic E-state index is 0.0671. The highest BCUT2D eigenvalue weighted by molar-refractivity contribution is 5.85. The SMILES string of the molecule is CCn1c(=O)n(CC)c2cc(-c3[nH]c(C4CCNCC4)nc3C3=CC=CCC3)ccc21. The fourth-order valence-electron chi connectivity index (χ4n) is 5.01. The average molecular weight is 418 g/mol. The van der Waals surface area contributed by atoms with E-state index in [0.717, 1.165) is 72.6 Å². The van der Waals surface area contributed by atoms with Crippen molar-refractivity contribution >= 4 is 16.6 Å². The molecule has 0 atom stereocenters. The van der Waals surface area contributed by atoms with Gasteiger partial charge in [0.15, 0.2) is 0 Å². The number of aryl methyl sites for hydroxylation is 2. The van der Waals surface area contributed by atoms with Gasteiger partial charge < -0.3 is 10.3 Å². The number of nitrogens with zero attached hydrogens (tertiary/aromatic N) is 3. The number of fused-ring (bicyclic) bond motifs is 1. The Bertz CT molecular complexity index is 1220. The molecular weight excluding hydrogens is 386 g/mol. The summed E-state index contributed by atoms with van der Waals surface area (Å²) in [6.45, 7) is 7.48. The number of nitrogens with one attached hydrogen (secondary N) is 2. The molecular formula is C25H31N5O. The van der Waals surface area contributed by atoms with E-state index in [9.17, 15) is 4.79 Å². The largest absolute Gasteiger partial charge is 0.341 e. The summed E-state index contributed by atoms with van der Waals surface area (Å²) in [4.78, 5) is 21.6. The van der Waals surface area contributed by atoms with Gasteiger partial charge in [0.25, 0.3) is 0 Å². The Balaban J connectivity index is 1.67. The summed E-state index contributed by atoms with van der Waals surface area (Å²) >= 11 is 0. The first-order valence-electron chi connectivity index (χ1n) is 11.6. The van der Waals surface area contributed by atoms with Crippen LogP contribution < -0.4 is 11.0 Å². The third kappa shape index (κ3) is 3.49. The third-order valence-corrected chi connectivity index (χ3v) is 6.71. The van der Waals surface area contributed by atoms with Crippen LogP contribution in [-0.2, 0) is 13.1 Å². The van der Waals surface area contributed by atoms with Crippen LogP contribution in [-0.4, -0.2) is 32.2 Å². The Morgan fingerprint density at radius 3 is 2.58 bits per heavy atom. The summed E-state index contributed by atoms with van der Waals surface area (Å²) in [5.41, 5.74) is 6.59. The van der Waals surface area contributed by atoms with E-state index in [2.05, 4.69) is 46.7 Å². The number of piperidine rings is 1. The molecule has 162 valence electrons. The number of benzene rings is 1. The van der Waals surface area contributed by atoms with Gasteiger partial charge in [0, 0.05) is 24.6 Å². The van der Waals surface area contributed by atoms with Crippen molar-refractivity contribution < 1.29 is 0 Å². The number of imidazole rings is 2. The smallest absolute Gasteiger partial charge is 0.329 e. The maximum Gasteiger partial charge on any atom is 0.329 e. The topological polar surface area (TPSA) is 67.6 Å². The van der Waals surface area contributed by atoms with Gasteiger partial charge in [-0.25, -0.2) is 9.78 Å². The second kappa shape index (κ2) is 8.35. The van der Waals surface area contributed by atoms with Crippen LogP contribution in [0.5, 0.6) is 0 Å². The molecule has 0 amide bonds. The van der Waals surface area contributed by atoms with Crippen LogP contribution >= 0.6 is 0 Å². The molecule has 1 fully saturated rings. The molecule has 3 heterocycles. The molecule has 31 heavy (non-hydrogen) atoms. The maximum atomic E-state index is 12.8. The van der Waals surface area contributed by atoms with E-state index >= 15 is 0 Å². The van der Waals surface area contributed by atoms with E-state index in [1.54, 1.807) is 0 Å². The Kier molecular flexibility index (Phi) is 5.40. The number of aromatic nitrogens is 4. The first-order valence-corrected chi connectivity index (χ1v) is 11.6. The standard InChI is InChI=1S/C25H31N5O/c1-3-29-20-11-10-19(16-21(20)30(4-2)25(29)31)23-22(17-8-6-5-7-9-17)27-24(28-23)18-12-14-26-15-13-18/h5-6,8,10-11,16,18,26H,3-4,7,9,12-15H2,1-2H3,(H,27,28). The van der Waals surface area contributed by atoms with Crippen molar-refractivity contribution in [3.63, 3.8) is 0 Å². The van der Waals surface area contributed by atoms with Gasteiger partial charge in [-0.15, -0.1) is 0 Å². The van der Waals surface area contributed by atoms with Crippen molar-refractivity contribution in [3.05, 3.63) is 58.4 Å². The average Bonchev–Trinajstić information content (AvgIpc) is 3.38. The van der Waals surface area contributed by atoms with Crippen molar-refractivity contribution in [3.8, 4) is 11.3 Å². The molecule has 1 aromatic carbocycles. The molecule has 6 nitrogen and oxygen atoms in total. The highest BCUT2D eigenvalue weighted by Crippen LogP contribution is 2.35. The Morgan fingerprint density at radius 2 is 1.87 bits per heavy atom. The molecule has 0 bridgehead atoms. The fraction of sp³-hybridized carbons (Fsp3) is 0.440. The van der Waals surface area contributed by atoms with E-state index in [-0.39, 0.29) is 5.69 Å². The Hall–Kier alpha value is -2.86. The molecule has 3 aromatic rings. The highest BCUT2D eigenvalue weighted by Gasteiger charge is 2.23. The highest BCUT2D eigenvalue weighted by atomic mass is 16.1. The van der Waals surface area contributed by atoms with Crippen LogP contribution in [0.15, 0.2) is 41.2 Å². The van der Waals surface area contributed by atoms with Gasteiger partial charge >= 0.3 is 5.69 Å². The minimum Gasteiger partial charge on any atom is -0.341 e. The summed E-state index contributed by atoms with van der Waals surface area (Å²) in [7, 11) is 0. The van der Waals surface area contributed by atoms with Crippen molar-refractivity contribution in [2.24, 2.45) is 0 Å². The molecule has 2 aromatic heterocycles. The molecule has 1 saturated heterocycles. The second-order valence-electron chi connectivity index (χ2n) is 8.50. The lowest BCUT2D eigenvalue weighted by atomic mass is 9.97. The van der Waals surface area contributed by atoms with E-state index in [4.69, 9.17) is 4.98 Å². The lowest BCUT2D eigenvalue weighted by Crippen LogP contribution is -2.27. The lowest BCUT2D eigenvalue weighted by molar-refractivity contribution is 0.447. The van der Waals surface area contributed by atoms with Gasteiger partial charge in [0.05, 0.1) is 22.4 Å². The van der Waals surface area contributed by atoms with Gasteiger partial charge in [-0.3, -0.25) is 9.13 Å². The van der Waals surface area contributed by atoms with Crippen LogP contribution in [0.3, 0.4) is 0 Å². The van der Waals surface area contributed by atoms with Crippen LogP contribution in [0, 0.1) is 0 Å². The molecule has 0 unspecified atom stereocenters. The van der Waals surface area contributed by atoms with Gasteiger partial charge in [0.2, 0.25) is 0 Å². The van der Waals surface area contributed by atoms with E-state index in [1.807, 2.05) is 23.0 Å². The Labute approximate surface area is 182 Å². The maximum absolute atomic E-state index is 12.8. The number of allylic oxidation sites excluding steroid dienone is 4. The second-order valence-corrected chi connectivity index (χ2v) is 8.50. The van der Waals surface area contributed by atoms with Gasteiger partial charge in [-0.1, -0.05) is 24.3 Å². The summed E-state index contributed by atoms with van der Waals surface area (Å²) in [5.74, 6) is 1.56. The summed E-state index contributed by atoms with van der Waals surface area (Å²) in [6, 6.07) is 6.39. The number of rotatable bonds is 5. The van der Waals surface area contributed by atoms with E-state index in [1.165, 1.54) is 5.57 Å². The van der Waals surface area contributed by atoms with Crippen LogP contribution in [0.1, 0.15) is 57.0 Å². The fourth-order valence-corrected chi connectivity index (χ4v) is 5.01. The summed E-state index contributed by atoms with van der Waals surface area (Å²) in [5, 5.41) is 3.45. The predicted molar refractivity (Wildman–Crippen MR) is 126 cm³/mol. The number of hydrogen-bond acceptors (Lipinski definition) is 3. The van der Waals surface area contributed by atoms with E-state index in [0.29, 0.717) is 19.0 Å². The van der Waals surface area contributed by atoms with Crippen LogP contribution in [0.2, 0.25) is 0 Å². The molecule has 0 saturated carbocycles. The summed E-state index contributed by atoms with van der Waals surface area (Å²) in [6.07, 6.45) is 10.8. The predicted octanol–water partition coefficient (Wildman–Crippen LogP) is 4.43. The van der Waals surface area contributed by atoms with Crippen molar-refractivity contribution in [2.75, 3.05) is 13.1 Å². The number of aromatic amines is 1. The monoisotopic (exact) mass is 417 g/mol. The molecule has 2 aliphatic rings. The molecule has 2 N–H and O–H groups in total. The zero-order chi connectivity index (χ0) is 21.4. The van der Waals surface area contributed by atoms with E-state index < -0.39 is 0 Å². The zero-order valence-corrected chi connectivity index (χ0v) is 18.4. The number of H-pyrrole nitrogens is 1. The lowest BCUT2D eigenvalue weighted by Gasteiger charge is -2.20. The first kappa shape index (κ1) is 20.1. The third-order valence-electron chi connectivity index (χ3n) is 6.71. The molecule has 5 rings (SSSR count). The van der Waals surface area contributed by atoms with Gasteiger partial charge in [-0.05, 0) is 70.3 Å². The van der Waals surface area contributed by atoms with Crippen molar-refractivity contribution in [1.82, 2.24) is 24.4 Å². The molecule has 6 heteroatoms. The normalized spacial score (nSPS) is 17.4. The zero-order valence-electron chi connectivity index (χ0n) is 18.4. The quantitative estimate of drug-likeness (QED) is 0.645. The first-order chi connectivity index (χ1) is 15.2. The number of hydrogen-bond donors (Lipinski definition) is 2.